The maximum absolute atomic E-state index is 4.69. The topological polar surface area (TPSA) is 25.8 Å². The number of unbranched alkanes of at least 4 members (excludes halogenated alkanes) is 9. The first kappa shape index (κ1) is 25.8. The summed E-state index contributed by atoms with van der Waals surface area (Å²) in [6.45, 7) is 8.76. The Kier molecular flexibility index (Phi) is 8.94. The van der Waals surface area contributed by atoms with E-state index in [1.54, 1.807) is 0 Å². The summed E-state index contributed by atoms with van der Waals surface area (Å²) >= 11 is 1.95. The van der Waals surface area contributed by atoms with Crippen molar-refractivity contribution in [3.05, 3.63) is 60.2 Å². The Morgan fingerprint density at radius 2 is 1.26 bits per heavy atom. The van der Waals surface area contributed by atoms with Gasteiger partial charge in [-0.3, -0.25) is 0 Å². The molecule has 2 aromatic carbocycles. The Morgan fingerprint density at radius 3 is 1.89 bits per heavy atom. The van der Waals surface area contributed by atoms with Gasteiger partial charge in [0.05, 0.1) is 0 Å². The van der Waals surface area contributed by atoms with Crippen molar-refractivity contribution in [2.45, 2.75) is 104 Å². The van der Waals surface area contributed by atoms with Gasteiger partial charge in [-0.2, -0.15) is 0 Å². The monoisotopic (exact) mass is 486 g/mol. The summed E-state index contributed by atoms with van der Waals surface area (Å²) in [5.41, 5.74) is 3.82. The van der Waals surface area contributed by atoms with Gasteiger partial charge in [0.2, 0.25) is 0 Å². The van der Waals surface area contributed by atoms with Crippen molar-refractivity contribution in [3.63, 3.8) is 0 Å². The molecule has 0 atom stereocenters. The third-order valence-electron chi connectivity index (χ3n) is 7.04. The van der Waals surface area contributed by atoms with Crippen molar-refractivity contribution >= 4 is 31.5 Å². The molecular weight excluding hydrogens is 444 g/mol. The van der Waals surface area contributed by atoms with E-state index in [2.05, 4.69) is 74.1 Å². The van der Waals surface area contributed by atoms with Crippen molar-refractivity contribution in [2.75, 3.05) is 0 Å². The van der Waals surface area contributed by atoms with Crippen LogP contribution in [0.1, 0.15) is 103 Å². The number of hydrogen-bond donors (Lipinski definition) is 0. The van der Waals surface area contributed by atoms with Crippen molar-refractivity contribution in [3.8, 4) is 11.1 Å². The highest BCUT2D eigenvalue weighted by Gasteiger charge is 2.18. The predicted molar refractivity (Wildman–Crippen MR) is 155 cm³/mol. The van der Waals surface area contributed by atoms with E-state index in [-0.39, 0.29) is 5.41 Å². The number of fused-ring (bicyclic) bond motifs is 3. The molecule has 2 heterocycles. The molecule has 4 rings (SSSR count). The van der Waals surface area contributed by atoms with Gasteiger partial charge in [0.25, 0.3) is 0 Å². The molecule has 0 radical (unpaired) electrons. The normalized spacial score (nSPS) is 12.1. The number of rotatable bonds is 12. The number of thiophene rings is 1. The highest BCUT2D eigenvalue weighted by atomic mass is 32.1. The van der Waals surface area contributed by atoms with Crippen LogP contribution < -0.4 is 0 Å². The fraction of sp³-hybridized carbons (Fsp3) is 0.500. The first-order valence-corrected chi connectivity index (χ1v) is 14.6. The van der Waals surface area contributed by atoms with Gasteiger partial charge < -0.3 is 0 Å². The van der Waals surface area contributed by atoms with E-state index in [0.29, 0.717) is 0 Å². The number of aryl methyl sites for hydroxylation is 1. The van der Waals surface area contributed by atoms with Crippen LogP contribution in [0.15, 0.2) is 48.8 Å². The molecule has 186 valence electrons. The van der Waals surface area contributed by atoms with Gasteiger partial charge in [-0.05, 0) is 18.4 Å². The molecule has 0 N–H and O–H groups in total. The summed E-state index contributed by atoms with van der Waals surface area (Å²) < 4.78 is 2.81. The molecule has 0 aliphatic heterocycles. The summed E-state index contributed by atoms with van der Waals surface area (Å²) in [7, 11) is 0. The van der Waals surface area contributed by atoms with Gasteiger partial charge in [0.15, 0.2) is 0 Å². The number of hydrogen-bond acceptors (Lipinski definition) is 3. The maximum Gasteiger partial charge on any atom is 0.133 e. The van der Waals surface area contributed by atoms with Crippen LogP contribution >= 0.6 is 11.3 Å². The number of aromatic nitrogens is 2. The van der Waals surface area contributed by atoms with Crippen LogP contribution in [-0.4, -0.2) is 9.97 Å². The Labute approximate surface area is 216 Å². The summed E-state index contributed by atoms with van der Waals surface area (Å²) in [6.07, 6.45) is 19.0. The van der Waals surface area contributed by atoms with E-state index in [4.69, 9.17) is 0 Å². The van der Waals surface area contributed by atoms with Gasteiger partial charge in [-0.25, -0.2) is 9.97 Å². The second-order valence-corrected chi connectivity index (χ2v) is 12.1. The highest BCUT2D eigenvalue weighted by Crippen LogP contribution is 2.41. The van der Waals surface area contributed by atoms with E-state index in [1.807, 2.05) is 23.7 Å². The van der Waals surface area contributed by atoms with Gasteiger partial charge in [0, 0.05) is 49.1 Å². The van der Waals surface area contributed by atoms with E-state index in [0.717, 1.165) is 11.4 Å². The van der Waals surface area contributed by atoms with Crippen molar-refractivity contribution < 1.29 is 0 Å². The average molecular weight is 487 g/mol. The van der Waals surface area contributed by atoms with Crippen LogP contribution in [0.25, 0.3) is 31.3 Å². The van der Waals surface area contributed by atoms with Crippen molar-refractivity contribution in [1.82, 2.24) is 9.97 Å². The first-order valence-electron chi connectivity index (χ1n) is 13.7. The molecule has 0 saturated carbocycles. The Morgan fingerprint density at radius 1 is 0.686 bits per heavy atom. The van der Waals surface area contributed by atoms with Crippen LogP contribution in [0.4, 0.5) is 0 Å². The molecule has 0 aliphatic rings. The fourth-order valence-corrected chi connectivity index (χ4v) is 6.34. The second kappa shape index (κ2) is 12.1. The molecule has 0 fully saturated rings. The van der Waals surface area contributed by atoms with E-state index in [1.165, 1.54) is 102 Å². The minimum Gasteiger partial charge on any atom is -0.240 e. The van der Waals surface area contributed by atoms with Gasteiger partial charge in [-0.15, -0.1) is 11.3 Å². The average Bonchev–Trinajstić information content (AvgIpc) is 3.24. The minimum atomic E-state index is -0.0360. The third kappa shape index (κ3) is 6.50. The van der Waals surface area contributed by atoms with E-state index >= 15 is 0 Å². The standard InChI is InChI=1S/C32H42N2S/c1-5-6-7-8-9-10-11-12-13-14-17-24-18-15-20-27-28-21-16-19-26(30(28)35-29(24)27)25-22-33-31(34-23-25)32(2,3)4/h15-16,18-23H,5-14,17H2,1-4H3. The Balaban J connectivity index is 1.44. The largest absolute Gasteiger partial charge is 0.240 e. The van der Waals surface area contributed by atoms with Crippen LogP contribution in [0.3, 0.4) is 0 Å². The minimum absolute atomic E-state index is 0.0360. The lowest BCUT2D eigenvalue weighted by Gasteiger charge is -2.16. The second-order valence-electron chi connectivity index (χ2n) is 11.1. The van der Waals surface area contributed by atoms with E-state index in [9.17, 15) is 0 Å². The lowest BCUT2D eigenvalue weighted by Crippen LogP contribution is -2.15. The maximum atomic E-state index is 4.69. The lowest BCUT2D eigenvalue weighted by atomic mass is 9.95. The molecule has 0 bridgehead atoms. The third-order valence-corrected chi connectivity index (χ3v) is 8.37. The van der Waals surface area contributed by atoms with Crippen LogP contribution in [0, 0.1) is 0 Å². The zero-order valence-corrected chi connectivity index (χ0v) is 23.0. The fourth-order valence-electron chi connectivity index (χ4n) is 4.96. The first-order chi connectivity index (χ1) is 17.0. The molecule has 0 saturated heterocycles. The van der Waals surface area contributed by atoms with Crippen molar-refractivity contribution in [2.24, 2.45) is 0 Å². The molecule has 0 amide bonds. The van der Waals surface area contributed by atoms with Crippen molar-refractivity contribution in [1.29, 1.82) is 0 Å². The number of benzene rings is 2. The van der Waals surface area contributed by atoms with Crippen LogP contribution in [0.2, 0.25) is 0 Å². The molecule has 35 heavy (non-hydrogen) atoms. The predicted octanol–water partition coefficient (Wildman–Crippen LogP) is 10.3. The molecule has 0 spiro atoms. The van der Waals surface area contributed by atoms with Crippen LogP contribution in [0.5, 0.6) is 0 Å². The molecule has 2 aromatic heterocycles. The summed E-state index contributed by atoms with van der Waals surface area (Å²) in [5, 5.41) is 2.75. The van der Waals surface area contributed by atoms with Gasteiger partial charge >= 0.3 is 0 Å². The smallest absolute Gasteiger partial charge is 0.133 e. The SMILES string of the molecule is CCCCCCCCCCCCc1cccc2c1sc1c(-c3cnc(C(C)(C)C)nc3)cccc12. The van der Waals surface area contributed by atoms with Gasteiger partial charge in [-0.1, -0.05) is 122 Å². The molecule has 3 heteroatoms. The lowest BCUT2D eigenvalue weighted by molar-refractivity contribution is 0.545. The summed E-state index contributed by atoms with van der Waals surface area (Å²) in [4.78, 5) is 9.38. The molecule has 0 unspecified atom stereocenters. The zero-order valence-electron chi connectivity index (χ0n) is 22.2. The zero-order chi connectivity index (χ0) is 24.7. The molecule has 0 aliphatic carbocycles. The molecule has 2 nitrogen and oxygen atoms in total. The van der Waals surface area contributed by atoms with E-state index < -0.39 is 0 Å². The summed E-state index contributed by atoms with van der Waals surface area (Å²) in [5.74, 6) is 0.892. The Hall–Kier alpha value is -2.26. The number of nitrogens with zero attached hydrogens (tertiary/aromatic N) is 2. The highest BCUT2D eigenvalue weighted by molar-refractivity contribution is 7.26. The Bertz CT molecular complexity index is 1210. The molecular formula is C32H42N2S. The van der Waals surface area contributed by atoms with Gasteiger partial charge in [0.1, 0.15) is 5.82 Å². The van der Waals surface area contributed by atoms with Crippen LogP contribution in [-0.2, 0) is 11.8 Å². The summed E-state index contributed by atoms with van der Waals surface area (Å²) in [6, 6.07) is 13.5. The molecule has 4 aromatic rings. The quantitative estimate of drug-likeness (QED) is 0.186.